The second kappa shape index (κ2) is 4.87. The average molecular weight is 260 g/mol. The van der Waals surface area contributed by atoms with E-state index in [0.29, 0.717) is 0 Å². The van der Waals surface area contributed by atoms with Gasteiger partial charge in [-0.1, -0.05) is 11.6 Å². The van der Waals surface area contributed by atoms with E-state index in [1.165, 1.54) is 0 Å². The van der Waals surface area contributed by atoms with Crippen molar-refractivity contribution in [1.29, 1.82) is 0 Å². The molecule has 0 amide bonds. The molecule has 17 heavy (non-hydrogen) atoms. The maximum absolute atomic E-state index is 13.6. The van der Waals surface area contributed by atoms with Crippen molar-refractivity contribution in [3.8, 4) is 5.75 Å². The number of hydrogen-bond acceptors (Lipinski definition) is 3. The Bertz CT molecular complexity index is 423. The van der Waals surface area contributed by atoms with Crippen LogP contribution in [0.5, 0.6) is 5.75 Å². The van der Waals surface area contributed by atoms with E-state index in [0.717, 1.165) is 37.8 Å². The molecule has 6 heteroatoms. The normalized spacial score (nSPS) is 16.1. The number of nitro benzene ring substituents is 1. The molecule has 4 nitrogen and oxygen atoms in total. The van der Waals surface area contributed by atoms with Crippen molar-refractivity contribution in [2.75, 3.05) is 0 Å². The Morgan fingerprint density at radius 2 is 2.06 bits per heavy atom. The van der Waals surface area contributed by atoms with Gasteiger partial charge in [0.05, 0.1) is 22.1 Å². The maximum Gasteiger partial charge on any atom is 0.274 e. The first-order chi connectivity index (χ1) is 8.08. The summed E-state index contributed by atoms with van der Waals surface area (Å²) in [6.45, 7) is 0. The summed E-state index contributed by atoms with van der Waals surface area (Å²) >= 11 is 5.79. The van der Waals surface area contributed by atoms with E-state index in [1.54, 1.807) is 0 Å². The minimum atomic E-state index is -0.781. The van der Waals surface area contributed by atoms with Crippen LogP contribution in [0, 0.1) is 15.9 Å². The van der Waals surface area contributed by atoms with Crippen LogP contribution in [-0.2, 0) is 0 Å². The smallest absolute Gasteiger partial charge is 0.274 e. The molecule has 0 bridgehead atoms. The van der Waals surface area contributed by atoms with Gasteiger partial charge in [-0.15, -0.1) is 0 Å². The highest BCUT2D eigenvalue weighted by Gasteiger charge is 2.22. The number of hydrogen-bond donors (Lipinski definition) is 0. The third-order valence-corrected chi connectivity index (χ3v) is 3.06. The van der Waals surface area contributed by atoms with Crippen molar-refractivity contribution in [3.05, 3.63) is 33.1 Å². The fourth-order valence-electron chi connectivity index (χ4n) is 1.94. The molecule has 1 aromatic carbocycles. The number of benzene rings is 1. The molecule has 0 heterocycles. The Hall–Kier alpha value is -1.36. The van der Waals surface area contributed by atoms with E-state index in [9.17, 15) is 14.5 Å². The first-order valence-electron chi connectivity index (χ1n) is 5.38. The van der Waals surface area contributed by atoms with Gasteiger partial charge in [0, 0.05) is 6.07 Å². The van der Waals surface area contributed by atoms with E-state index in [1.807, 2.05) is 0 Å². The number of rotatable bonds is 3. The highest BCUT2D eigenvalue weighted by molar-refractivity contribution is 6.32. The van der Waals surface area contributed by atoms with Crippen LogP contribution in [0.1, 0.15) is 25.7 Å². The number of nitrogens with zero attached hydrogens (tertiary/aromatic N) is 1. The molecule has 0 aliphatic heterocycles. The molecule has 1 aromatic rings. The van der Waals surface area contributed by atoms with Gasteiger partial charge in [-0.3, -0.25) is 10.1 Å². The maximum atomic E-state index is 13.6. The summed E-state index contributed by atoms with van der Waals surface area (Å²) < 4.78 is 19.1. The van der Waals surface area contributed by atoms with Crippen molar-refractivity contribution in [2.24, 2.45) is 0 Å². The fourth-order valence-corrected chi connectivity index (χ4v) is 2.18. The summed E-state index contributed by atoms with van der Waals surface area (Å²) in [6.07, 6.45) is 3.80. The molecule has 1 fully saturated rings. The predicted octanol–water partition coefficient (Wildman–Crippen LogP) is 3.71. The molecule has 1 aliphatic rings. The number of non-ortho nitro benzene ring substituents is 1. The lowest BCUT2D eigenvalue weighted by Gasteiger charge is -2.14. The van der Waals surface area contributed by atoms with Gasteiger partial charge in [0.15, 0.2) is 11.6 Å². The van der Waals surface area contributed by atoms with E-state index in [4.69, 9.17) is 16.3 Å². The van der Waals surface area contributed by atoms with Crippen molar-refractivity contribution in [3.63, 3.8) is 0 Å². The molecule has 0 radical (unpaired) electrons. The van der Waals surface area contributed by atoms with Crippen LogP contribution in [0.15, 0.2) is 12.1 Å². The fraction of sp³-hybridized carbons (Fsp3) is 0.455. The number of nitro groups is 1. The third-order valence-electron chi connectivity index (χ3n) is 2.78. The first-order valence-corrected chi connectivity index (χ1v) is 5.76. The largest absolute Gasteiger partial charge is 0.486 e. The van der Waals surface area contributed by atoms with Crippen LogP contribution < -0.4 is 4.74 Å². The molecule has 92 valence electrons. The summed E-state index contributed by atoms with van der Waals surface area (Å²) in [5, 5.41) is 10.4. The molecule has 1 aliphatic carbocycles. The standard InChI is InChI=1S/C11H11ClFNO3/c12-9-5-7(14(15)16)6-10(13)11(9)17-8-3-1-2-4-8/h5-6,8H,1-4H2. The molecule has 1 saturated carbocycles. The van der Waals surface area contributed by atoms with Gasteiger partial charge >= 0.3 is 0 Å². The third kappa shape index (κ3) is 2.66. The van der Waals surface area contributed by atoms with Gasteiger partial charge < -0.3 is 4.74 Å². The van der Waals surface area contributed by atoms with Gasteiger partial charge in [0.1, 0.15) is 0 Å². The van der Waals surface area contributed by atoms with Gasteiger partial charge in [0.2, 0.25) is 0 Å². The van der Waals surface area contributed by atoms with Gasteiger partial charge in [-0.25, -0.2) is 4.39 Å². The Morgan fingerprint density at radius 3 is 2.59 bits per heavy atom. The molecule has 0 spiro atoms. The second-order valence-corrected chi connectivity index (χ2v) is 4.43. The van der Waals surface area contributed by atoms with E-state index < -0.39 is 10.7 Å². The molecule has 0 unspecified atom stereocenters. The lowest BCUT2D eigenvalue weighted by Crippen LogP contribution is -2.12. The van der Waals surface area contributed by atoms with Crippen molar-refractivity contribution in [1.82, 2.24) is 0 Å². The molecule has 0 N–H and O–H groups in total. The van der Waals surface area contributed by atoms with Crippen molar-refractivity contribution < 1.29 is 14.1 Å². The monoisotopic (exact) mass is 259 g/mol. The van der Waals surface area contributed by atoms with E-state index >= 15 is 0 Å². The van der Waals surface area contributed by atoms with Crippen LogP contribution in [0.2, 0.25) is 5.02 Å². The minimum absolute atomic E-state index is 0.0385. The van der Waals surface area contributed by atoms with E-state index in [-0.39, 0.29) is 22.6 Å². The highest BCUT2D eigenvalue weighted by Crippen LogP contribution is 2.35. The van der Waals surface area contributed by atoms with Crippen LogP contribution in [0.25, 0.3) is 0 Å². The Morgan fingerprint density at radius 1 is 1.41 bits per heavy atom. The summed E-state index contributed by atoms with van der Waals surface area (Å²) in [7, 11) is 0. The van der Waals surface area contributed by atoms with Crippen molar-refractivity contribution >= 4 is 17.3 Å². The summed E-state index contributed by atoms with van der Waals surface area (Å²) in [5.41, 5.74) is -0.369. The van der Waals surface area contributed by atoms with E-state index in [2.05, 4.69) is 0 Å². The molecule has 0 aromatic heterocycles. The van der Waals surface area contributed by atoms with Crippen LogP contribution in [-0.4, -0.2) is 11.0 Å². The Kier molecular flexibility index (Phi) is 3.47. The zero-order valence-electron chi connectivity index (χ0n) is 8.99. The average Bonchev–Trinajstić information content (AvgIpc) is 2.75. The predicted molar refractivity (Wildman–Crippen MR) is 60.9 cm³/mol. The topological polar surface area (TPSA) is 52.4 Å². The number of halogens is 2. The van der Waals surface area contributed by atoms with Crippen LogP contribution in [0.4, 0.5) is 10.1 Å². The van der Waals surface area contributed by atoms with Crippen LogP contribution in [0.3, 0.4) is 0 Å². The van der Waals surface area contributed by atoms with Crippen LogP contribution >= 0.6 is 11.6 Å². The summed E-state index contributed by atoms with van der Waals surface area (Å²) in [6, 6.07) is 1.94. The zero-order chi connectivity index (χ0) is 12.4. The molecular formula is C11H11ClFNO3. The highest BCUT2D eigenvalue weighted by atomic mass is 35.5. The quantitative estimate of drug-likeness (QED) is 0.614. The number of ether oxygens (including phenoxy) is 1. The minimum Gasteiger partial charge on any atom is -0.486 e. The lowest BCUT2D eigenvalue weighted by atomic mass is 10.2. The Balaban J connectivity index is 2.24. The molecule has 0 saturated heterocycles. The molecule has 2 rings (SSSR count). The first kappa shape index (κ1) is 12.1. The lowest BCUT2D eigenvalue weighted by molar-refractivity contribution is -0.385. The Labute approximate surface area is 102 Å². The molecular weight excluding hydrogens is 249 g/mol. The summed E-state index contributed by atoms with van der Waals surface area (Å²) in [4.78, 5) is 9.81. The van der Waals surface area contributed by atoms with Gasteiger partial charge in [0.25, 0.3) is 5.69 Å². The SMILES string of the molecule is O=[N+]([O-])c1cc(F)c(OC2CCCC2)c(Cl)c1. The molecule has 0 atom stereocenters. The second-order valence-electron chi connectivity index (χ2n) is 4.02. The van der Waals surface area contributed by atoms with Gasteiger partial charge in [-0.2, -0.15) is 0 Å². The zero-order valence-corrected chi connectivity index (χ0v) is 9.74. The van der Waals surface area contributed by atoms with Gasteiger partial charge in [-0.05, 0) is 25.7 Å². The summed E-state index contributed by atoms with van der Waals surface area (Å²) in [5.74, 6) is -0.861. The van der Waals surface area contributed by atoms with Crippen molar-refractivity contribution in [2.45, 2.75) is 31.8 Å².